The number of carboxylic acid groups (broad SMARTS) is 1. The lowest BCUT2D eigenvalue weighted by molar-refractivity contribution is 0.128. The van der Waals surface area contributed by atoms with Crippen molar-refractivity contribution >= 4 is 29.4 Å². The summed E-state index contributed by atoms with van der Waals surface area (Å²) in [6.45, 7) is 0.505. The van der Waals surface area contributed by atoms with E-state index >= 15 is 0 Å². The molecule has 2 aromatic heterocycles. The van der Waals surface area contributed by atoms with Crippen molar-refractivity contribution in [2.24, 2.45) is 18.1 Å². The Kier molecular flexibility index (Phi) is 8.88. The van der Waals surface area contributed by atoms with Crippen molar-refractivity contribution in [3.8, 4) is 0 Å². The van der Waals surface area contributed by atoms with E-state index in [1.807, 2.05) is 30.5 Å². The molecule has 0 radical (unpaired) electrons. The number of hydrogen-bond acceptors (Lipinski definition) is 8. The van der Waals surface area contributed by atoms with Crippen molar-refractivity contribution in [2.75, 3.05) is 17.7 Å². The fraction of sp³-hybridized carbons (Fsp3) is 0.440. The number of benzene rings is 1. The Morgan fingerprint density at radius 2 is 2.03 bits per heavy atom. The summed E-state index contributed by atoms with van der Waals surface area (Å²) >= 11 is 1.63. The second-order valence-electron chi connectivity index (χ2n) is 8.79. The highest BCUT2D eigenvalue weighted by molar-refractivity contribution is 7.98. The van der Waals surface area contributed by atoms with Gasteiger partial charge in [-0.25, -0.2) is 14.5 Å². The van der Waals surface area contributed by atoms with Gasteiger partial charge in [-0.3, -0.25) is 4.90 Å². The molecule has 11 heteroatoms. The first-order valence-corrected chi connectivity index (χ1v) is 13.3. The van der Waals surface area contributed by atoms with Gasteiger partial charge in [0, 0.05) is 24.1 Å². The van der Waals surface area contributed by atoms with Gasteiger partial charge in [-0.05, 0) is 53.3 Å². The zero-order valence-corrected chi connectivity index (χ0v) is 21.4. The molecular formula is C25H31N7O3S. The third-order valence-corrected chi connectivity index (χ3v) is 7.05. The van der Waals surface area contributed by atoms with E-state index in [-0.39, 0.29) is 6.61 Å². The second-order valence-corrected chi connectivity index (χ2v) is 9.67. The second kappa shape index (κ2) is 12.5. The number of rotatable bonds is 10. The summed E-state index contributed by atoms with van der Waals surface area (Å²) in [6.07, 6.45) is 7.96. The van der Waals surface area contributed by atoms with Crippen molar-refractivity contribution in [1.82, 2.24) is 25.2 Å². The molecule has 0 aliphatic heterocycles. The molecule has 10 nitrogen and oxygen atoms in total. The van der Waals surface area contributed by atoms with E-state index in [1.165, 1.54) is 41.7 Å². The van der Waals surface area contributed by atoms with Gasteiger partial charge in [-0.2, -0.15) is 0 Å². The van der Waals surface area contributed by atoms with E-state index in [4.69, 9.17) is 4.84 Å². The molecule has 4 rings (SSSR count). The maximum atomic E-state index is 12.0. The molecule has 1 fully saturated rings. The SMILES string of the molecule is CSc1cccc(/C(=N\OCc2cccc(N(CCC3CCCCC3)C(=O)O)n2)c2nnnn2C)c1. The third kappa shape index (κ3) is 6.60. The molecule has 190 valence electrons. The minimum Gasteiger partial charge on any atom is -0.465 e. The van der Waals surface area contributed by atoms with Crippen LogP contribution in [-0.4, -0.2) is 54.9 Å². The summed E-state index contributed by atoms with van der Waals surface area (Å²) < 4.78 is 1.53. The molecule has 36 heavy (non-hydrogen) atoms. The number of pyridine rings is 1. The number of amides is 1. The number of aromatic nitrogens is 5. The number of tetrazole rings is 1. The zero-order chi connectivity index (χ0) is 25.3. The number of aryl methyl sites for hydroxylation is 1. The van der Waals surface area contributed by atoms with Crippen LogP contribution in [0.5, 0.6) is 0 Å². The van der Waals surface area contributed by atoms with Crippen LogP contribution in [0.15, 0.2) is 52.5 Å². The number of oxime groups is 1. The molecule has 0 spiro atoms. The average molecular weight is 510 g/mol. The summed E-state index contributed by atoms with van der Waals surface area (Å²) in [4.78, 5) is 24.6. The molecule has 1 aromatic carbocycles. The first kappa shape index (κ1) is 25.6. The van der Waals surface area contributed by atoms with Gasteiger partial charge in [0.25, 0.3) is 0 Å². The minimum atomic E-state index is -1.000. The quantitative estimate of drug-likeness (QED) is 0.236. The number of nitrogens with zero attached hydrogens (tertiary/aromatic N) is 7. The van der Waals surface area contributed by atoms with Crippen molar-refractivity contribution in [3.63, 3.8) is 0 Å². The van der Waals surface area contributed by atoms with Gasteiger partial charge >= 0.3 is 6.09 Å². The fourth-order valence-corrected chi connectivity index (χ4v) is 4.84. The Labute approximate surface area is 214 Å². The zero-order valence-electron chi connectivity index (χ0n) is 20.6. The standard InChI is InChI=1S/C25H31N7O3S/c1-31-24(27-29-30-31)23(19-10-6-12-21(16-19)36-2)28-35-17-20-11-7-13-22(26-20)32(25(33)34)15-14-18-8-4-3-5-9-18/h6-7,10-13,16,18H,3-5,8-9,14-15,17H2,1-2H3,(H,33,34)/b28-23+. The smallest absolute Gasteiger partial charge is 0.413 e. The van der Waals surface area contributed by atoms with Gasteiger partial charge in [-0.1, -0.05) is 55.5 Å². The van der Waals surface area contributed by atoms with Crippen molar-refractivity contribution in [2.45, 2.75) is 50.0 Å². The van der Waals surface area contributed by atoms with Crippen molar-refractivity contribution in [3.05, 3.63) is 59.5 Å². The Bertz CT molecular complexity index is 1190. The molecular weight excluding hydrogens is 478 g/mol. The normalized spacial score (nSPS) is 14.6. The number of anilines is 1. The molecule has 3 aromatic rings. The molecule has 0 atom stereocenters. The van der Waals surface area contributed by atoms with E-state index in [0.29, 0.717) is 35.5 Å². The largest absolute Gasteiger partial charge is 0.465 e. The first-order chi connectivity index (χ1) is 17.5. The minimum absolute atomic E-state index is 0.0704. The Hall–Kier alpha value is -3.47. The highest BCUT2D eigenvalue weighted by atomic mass is 32.2. The lowest BCUT2D eigenvalue weighted by Gasteiger charge is -2.25. The Balaban J connectivity index is 1.48. The van der Waals surface area contributed by atoms with Crippen LogP contribution in [0.1, 0.15) is 55.6 Å². The van der Waals surface area contributed by atoms with Crippen LogP contribution < -0.4 is 4.90 Å². The van der Waals surface area contributed by atoms with Crippen LogP contribution >= 0.6 is 11.8 Å². The van der Waals surface area contributed by atoms with Gasteiger partial charge in [0.1, 0.15) is 5.82 Å². The monoisotopic (exact) mass is 509 g/mol. The number of hydrogen-bond donors (Lipinski definition) is 1. The van der Waals surface area contributed by atoms with Gasteiger partial charge in [0.05, 0.1) is 5.69 Å². The predicted molar refractivity (Wildman–Crippen MR) is 138 cm³/mol. The van der Waals surface area contributed by atoms with E-state index in [0.717, 1.165) is 16.9 Å². The van der Waals surface area contributed by atoms with Gasteiger partial charge < -0.3 is 9.94 Å². The molecule has 0 unspecified atom stereocenters. The van der Waals surface area contributed by atoms with Crippen molar-refractivity contribution < 1.29 is 14.7 Å². The summed E-state index contributed by atoms with van der Waals surface area (Å²) in [5, 5.41) is 25.9. The van der Waals surface area contributed by atoms with Crippen LogP contribution in [0.2, 0.25) is 0 Å². The lowest BCUT2D eigenvalue weighted by Crippen LogP contribution is -2.32. The summed E-state index contributed by atoms with van der Waals surface area (Å²) in [6, 6.07) is 13.2. The predicted octanol–water partition coefficient (Wildman–Crippen LogP) is 4.75. The first-order valence-electron chi connectivity index (χ1n) is 12.1. The Morgan fingerprint density at radius 1 is 1.22 bits per heavy atom. The van der Waals surface area contributed by atoms with Gasteiger partial charge in [-0.15, -0.1) is 16.9 Å². The number of thioether (sulfide) groups is 1. The van der Waals surface area contributed by atoms with Gasteiger partial charge in [0.15, 0.2) is 12.3 Å². The molecule has 0 saturated heterocycles. The maximum Gasteiger partial charge on any atom is 0.413 e. The number of carbonyl (C=O) groups is 1. The molecule has 0 bridgehead atoms. The maximum absolute atomic E-state index is 12.0. The fourth-order valence-electron chi connectivity index (χ4n) is 4.38. The van der Waals surface area contributed by atoms with Crippen LogP contribution in [0.4, 0.5) is 10.6 Å². The molecule has 2 heterocycles. The average Bonchev–Trinajstić information content (AvgIpc) is 3.33. The van der Waals surface area contributed by atoms with E-state index in [1.54, 1.807) is 37.0 Å². The van der Waals surface area contributed by atoms with E-state index < -0.39 is 6.09 Å². The highest BCUT2D eigenvalue weighted by Gasteiger charge is 2.20. The molecule has 1 aliphatic carbocycles. The molecule has 1 aliphatic rings. The Morgan fingerprint density at radius 3 is 2.75 bits per heavy atom. The molecule has 1 N–H and O–H groups in total. The summed E-state index contributed by atoms with van der Waals surface area (Å²) in [5.74, 6) is 1.45. The molecule has 1 saturated carbocycles. The van der Waals surface area contributed by atoms with Gasteiger partial charge in [0.2, 0.25) is 5.82 Å². The third-order valence-electron chi connectivity index (χ3n) is 6.33. The highest BCUT2D eigenvalue weighted by Crippen LogP contribution is 2.27. The van der Waals surface area contributed by atoms with Crippen LogP contribution in [0, 0.1) is 5.92 Å². The van der Waals surface area contributed by atoms with Crippen LogP contribution in [0.25, 0.3) is 0 Å². The summed E-state index contributed by atoms with van der Waals surface area (Å²) in [7, 11) is 1.74. The molecule has 1 amide bonds. The van der Waals surface area contributed by atoms with Crippen LogP contribution in [0.3, 0.4) is 0 Å². The topological polar surface area (TPSA) is 119 Å². The van der Waals surface area contributed by atoms with Crippen molar-refractivity contribution in [1.29, 1.82) is 0 Å². The lowest BCUT2D eigenvalue weighted by atomic mass is 9.87. The van der Waals surface area contributed by atoms with E-state index in [9.17, 15) is 9.90 Å². The van der Waals surface area contributed by atoms with E-state index in [2.05, 4.69) is 25.7 Å². The van der Waals surface area contributed by atoms with Crippen LogP contribution in [-0.2, 0) is 18.5 Å². The summed E-state index contributed by atoms with van der Waals surface area (Å²) in [5.41, 5.74) is 1.89.